The summed E-state index contributed by atoms with van der Waals surface area (Å²) in [6.45, 7) is 5.50. The molecule has 0 N–H and O–H groups in total. The molecule has 0 spiro atoms. The largest absolute Gasteiger partial charge is 0.275 e. The molecule has 1 aliphatic rings. The summed E-state index contributed by atoms with van der Waals surface area (Å²) >= 11 is 0. The Morgan fingerprint density at radius 2 is 1.94 bits per heavy atom. The highest BCUT2D eigenvalue weighted by atomic mass is 16.2. The van der Waals surface area contributed by atoms with Crippen LogP contribution in [0.3, 0.4) is 0 Å². The van der Waals surface area contributed by atoms with E-state index in [1.807, 2.05) is 37.3 Å². The van der Waals surface area contributed by atoms with Crippen molar-refractivity contribution in [1.82, 2.24) is 4.90 Å². The minimum absolute atomic E-state index is 0.114. The van der Waals surface area contributed by atoms with E-state index in [2.05, 4.69) is 6.58 Å². The van der Waals surface area contributed by atoms with Gasteiger partial charge in [-0.1, -0.05) is 36.9 Å². The number of likely N-dealkylation sites (tertiary alicyclic amines) is 1. The lowest BCUT2D eigenvalue weighted by Crippen LogP contribution is -2.38. The molecule has 1 heterocycles. The summed E-state index contributed by atoms with van der Waals surface area (Å²) in [5.41, 5.74) is 1.52. The van der Waals surface area contributed by atoms with Crippen molar-refractivity contribution in [3.05, 3.63) is 48.0 Å². The maximum absolute atomic E-state index is 11.8. The monoisotopic (exact) mass is 229 g/mol. The van der Waals surface area contributed by atoms with E-state index in [0.29, 0.717) is 12.0 Å². The third-order valence-electron chi connectivity index (χ3n) is 2.97. The average molecular weight is 229 g/mol. The van der Waals surface area contributed by atoms with Crippen LogP contribution in [0.4, 0.5) is 0 Å². The first-order valence-electron chi connectivity index (χ1n) is 5.67. The van der Waals surface area contributed by atoms with Gasteiger partial charge in [0.05, 0.1) is 6.42 Å². The Morgan fingerprint density at radius 1 is 1.29 bits per heavy atom. The first-order valence-corrected chi connectivity index (χ1v) is 5.67. The zero-order valence-corrected chi connectivity index (χ0v) is 9.85. The van der Waals surface area contributed by atoms with E-state index < -0.39 is 0 Å². The molecule has 3 heteroatoms. The Bertz CT molecular complexity index is 464. The van der Waals surface area contributed by atoms with E-state index in [4.69, 9.17) is 0 Å². The van der Waals surface area contributed by atoms with Gasteiger partial charge in [0.25, 0.3) is 5.91 Å². The molecule has 2 rings (SSSR count). The van der Waals surface area contributed by atoms with Gasteiger partial charge in [-0.2, -0.15) is 0 Å². The fraction of sp³-hybridized carbons (Fsp3) is 0.286. The highest BCUT2D eigenvalue weighted by Gasteiger charge is 2.35. The molecule has 1 aromatic rings. The van der Waals surface area contributed by atoms with Gasteiger partial charge in [-0.15, -0.1) is 0 Å². The summed E-state index contributed by atoms with van der Waals surface area (Å²) in [6.07, 6.45) is 0.851. The number of carbonyl (C=O) groups is 2. The predicted molar refractivity (Wildman–Crippen MR) is 65.2 cm³/mol. The maximum atomic E-state index is 11.8. The molecule has 0 aromatic heterocycles. The summed E-state index contributed by atoms with van der Waals surface area (Å²) in [6, 6.07) is 9.73. The van der Waals surface area contributed by atoms with Crippen molar-refractivity contribution in [3.63, 3.8) is 0 Å². The van der Waals surface area contributed by atoms with Crippen molar-refractivity contribution in [1.29, 1.82) is 0 Å². The summed E-state index contributed by atoms with van der Waals surface area (Å²) in [4.78, 5) is 24.8. The van der Waals surface area contributed by atoms with Crippen molar-refractivity contribution < 1.29 is 9.59 Å². The minimum Gasteiger partial charge on any atom is -0.275 e. The normalized spacial score (nSPS) is 17.7. The summed E-state index contributed by atoms with van der Waals surface area (Å²) in [5, 5.41) is 0. The lowest BCUT2D eigenvalue weighted by atomic mass is 10.1. The zero-order chi connectivity index (χ0) is 12.4. The molecular formula is C14H15NO2. The topological polar surface area (TPSA) is 37.4 Å². The number of benzene rings is 1. The Kier molecular flexibility index (Phi) is 3.09. The van der Waals surface area contributed by atoms with Crippen molar-refractivity contribution in [2.75, 3.05) is 0 Å². The Morgan fingerprint density at radius 3 is 2.47 bits per heavy atom. The van der Waals surface area contributed by atoms with Crippen LogP contribution >= 0.6 is 0 Å². The molecule has 1 saturated heterocycles. The number of hydrogen-bond acceptors (Lipinski definition) is 2. The molecule has 1 aromatic carbocycles. The summed E-state index contributed by atoms with van der Waals surface area (Å²) in [7, 11) is 0. The van der Waals surface area contributed by atoms with Gasteiger partial charge in [-0.3, -0.25) is 14.5 Å². The van der Waals surface area contributed by atoms with Crippen molar-refractivity contribution >= 4 is 11.8 Å². The fourth-order valence-corrected chi connectivity index (χ4v) is 2.12. The van der Waals surface area contributed by atoms with Crippen LogP contribution < -0.4 is 0 Å². The van der Waals surface area contributed by atoms with Gasteiger partial charge >= 0.3 is 0 Å². The Labute approximate surface area is 101 Å². The van der Waals surface area contributed by atoms with Crippen LogP contribution in [0.1, 0.15) is 18.9 Å². The molecule has 0 radical (unpaired) electrons. The van der Waals surface area contributed by atoms with Gasteiger partial charge in [0.1, 0.15) is 0 Å². The molecule has 0 bridgehead atoms. The molecule has 0 aliphatic carbocycles. The summed E-state index contributed by atoms with van der Waals surface area (Å²) < 4.78 is 0. The molecule has 0 unspecified atom stereocenters. The quantitative estimate of drug-likeness (QED) is 0.586. The van der Waals surface area contributed by atoms with Gasteiger partial charge in [0.2, 0.25) is 5.91 Å². The minimum atomic E-state index is -0.224. The number of amides is 2. The molecule has 1 aliphatic heterocycles. The second-order valence-corrected chi connectivity index (χ2v) is 4.39. The van der Waals surface area contributed by atoms with Crippen LogP contribution in [0.2, 0.25) is 0 Å². The number of rotatable bonds is 3. The molecule has 3 nitrogen and oxygen atoms in total. The zero-order valence-electron chi connectivity index (χ0n) is 9.85. The second kappa shape index (κ2) is 4.53. The highest BCUT2D eigenvalue weighted by Crippen LogP contribution is 2.21. The Hall–Kier alpha value is -1.90. The predicted octanol–water partition coefficient (Wildman–Crippen LogP) is 1.93. The third-order valence-corrected chi connectivity index (χ3v) is 2.97. The van der Waals surface area contributed by atoms with E-state index in [9.17, 15) is 9.59 Å². The van der Waals surface area contributed by atoms with E-state index in [1.165, 1.54) is 4.90 Å². The van der Waals surface area contributed by atoms with Crippen LogP contribution in [-0.4, -0.2) is 22.8 Å². The lowest BCUT2D eigenvalue weighted by Gasteiger charge is -2.22. The van der Waals surface area contributed by atoms with Gasteiger partial charge in [0, 0.05) is 11.6 Å². The van der Waals surface area contributed by atoms with E-state index in [-0.39, 0.29) is 24.3 Å². The standard InChI is InChI=1S/C14H15NO2/c1-10-8-13(16)15(14(10)17)11(2)9-12-6-4-3-5-7-12/h3-7,11H,1,8-9H2,2H3/t11-/m0/s1. The number of hydrogen-bond donors (Lipinski definition) is 0. The maximum Gasteiger partial charge on any atom is 0.256 e. The molecule has 17 heavy (non-hydrogen) atoms. The molecule has 1 atom stereocenters. The molecular weight excluding hydrogens is 214 g/mol. The molecule has 88 valence electrons. The lowest BCUT2D eigenvalue weighted by molar-refractivity contribution is -0.139. The number of carbonyl (C=O) groups excluding carboxylic acids is 2. The van der Waals surface area contributed by atoms with Crippen LogP contribution in [-0.2, 0) is 16.0 Å². The van der Waals surface area contributed by atoms with Crippen LogP contribution in [0, 0.1) is 0 Å². The van der Waals surface area contributed by atoms with E-state index in [1.54, 1.807) is 0 Å². The molecule has 1 fully saturated rings. The number of imide groups is 1. The first-order chi connectivity index (χ1) is 8.09. The van der Waals surface area contributed by atoms with Crippen LogP contribution in [0.25, 0.3) is 0 Å². The molecule has 2 amide bonds. The van der Waals surface area contributed by atoms with Gasteiger partial charge < -0.3 is 0 Å². The average Bonchev–Trinajstić information content (AvgIpc) is 2.54. The van der Waals surface area contributed by atoms with Gasteiger partial charge in [-0.05, 0) is 18.9 Å². The summed E-state index contributed by atoms with van der Waals surface area (Å²) in [5.74, 6) is -0.359. The Balaban J connectivity index is 2.11. The van der Waals surface area contributed by atoms with Crippen molar-refractivity contribution in [2.45, 2.75) is 25.8 Å². The van der Waals surface area contributed by atoms with Crippen LogP contribution in [0.5, 0.6) is 0 Å². The van der Waals surface area contributed by atoms with E-state index in [0.717, 1.165) is 5.56 Å². The van der Waals surface area contributed by atoms with Crippen molar-refractivity contribution in [2.24, 2.45) is 0 Å². The van der Waals surface area contributed by atoms with Gasteiger partial charge in [-0.25, -0.2) is 0 Å². The molecule has 0 saturated carbocycles. The van der Waals surface area contributed by atoms with Crippen molar-refractivity contribution in [3.8, 4) is 0 Å². The first kappa shape index (κ1) is 11.6. The van der Waals surface area contributed by atoms with Crippen LogP contribution in [0.15, 0.2) is 42.5 Å². The van der Waals surface area contributed by atoms with Gasteiger partial charge in [0.15, 0.2) is 0 Å². The highest BCUT2D eigenvalue weighted by molar-refractivity contribution is 6.13. The fourth-order valence-electron chi connectivity index (χ4n) is 2.12. The van der Waals surface area contributed by atoms with E-state index >= 15 is 0 Å². The smallest absolute Gasteiger partial charge is 0.256 e. The third kappa shape index (κ3) is 2.28. The second-order valence-electron chi connectivity index (χ2n) is 4.39. The SMILES string of the molecule is C=C1CC(=O)N([C@@H](C)Cc2ccccc2)C1=O. The number of nitrogens with zero attached hydrogens (tertiary/aromatic N) is 1.